The number of rotatable bonds is 4. The summed E-state index contributed by atoms with van der Waals surface area (Å²) in [6.07, 6.45) is 0.310. The molecule has 2 heterocycles. The molecule has 0 saturated carbocycles. The maximum atomic E-state index is 13.0. The zero-order valence-corrected chi connectivity index (χ0v) is 17.1. The molecular weight excluding hydrogens is 402 g/mol. The molecule has 1 N–H and O–H groups in total. The minimum absolute atomic E-state index is 0.0516. The smallest absolute Gasteiger partial charge is 0.229 e. The SMILES string of the molecule is O=C(Cc1cccc2ccccc12)Nc1c2c(nn1-c1cccc(Cl)c1)CSC2. The molecule has 0 spiro atoms. The van der Waals surface area contributed by atoms with Gasteiger partial charge in [-0.25, -0.2) is 4.68 Å². The Morgan fingerprint density at radius 2 is 1.90 bits per heavy atom. The fraction of sp³-hybridized carbons (Fsp3) is 0.130. The van der Waals surface area contributed by atoms with Crippen molar-refractivity contribution >= 4 is 45.9 Å². The van der Waals surface area contributed by atoms with Crippen molar-refractivity contribution in [3.8, 4) is 5.69 Å². The lowest BCUT2D eigenvalue weighted by atomic mass is 10.0. The molecule has 0 aliphatic carbocycles. The van der Waals surface area contributed by atoms with E-state index in [1.807, 2.05) is 60.3 Å². The van der Waals surface area contributed by atoms with Crippen molar-refractivity contribution < 1.29 is 4.79 Å². The fourth-order valence-corrected chi connectivity index (χ4v) is 4.95. The van der Waals surface area contributed by atoms with E-state index in [1.54, 1.807) is 4.68 Å². The van der Waals surface area contributed by atoms with Crippen molar-refractivity contribution in [2.75, 3.05) is 5.32 Å². The van der Waals surface area contributed by atoms with E-state index in [9.17, 15) is 4.79 Å². The van der Waals surface area contributed by atoms with E-state index in [2.05, 4.69) is 23.5 Å². The van der Waals surface area contributed by atoms with Crippen molar-refractivity contribution in [2.45, 2.75) is 17.9 Å². The van der Waals surface area contributed by atoms with Crippen LogP contribution in [0.4, 0.5) is 5.82 Å². The number of halogens is 1. The maximum absolute atomic E-state index is 13.0. The molecule has 0 atom stereocenters. The first kappa shape index (κ1) is 18.3. The first-order valence-electron chi connectivity index (χ1n) is 9.40. The predicted octanol–water partition coefficient (Wildman–Crippen LogP) is 5.61. The van der Waals surface area contributed by atoms with Crippen molar-refractivity contribution in [1.82, 2.24) is 9.78 Å². The summed E-state index contributed by atoms with van der Waals surface area (Å²) in [4.78, 5) is 13.0. The molecule has 4 nitrogen and oxygen atoms in total. The molecule has 0 saturated heterocycles. The molecule has 6 heteroatoms. The maximum Gasteiger partial charge on any atom is 0.229 e. The quantitative estimate of drug-likeness (QED) is 0.468. The van der Waals surface area contributed by atoms with Crippen LogP contribution in [0.25, 0.3) is 16.5 Å². The van der Waals surface area contributed by atoms with Crippen LogP contribution < -0.4 is 5.32 Å². The van der Waals surface area contributed by atoms with Gasteiger partial charge in [-0.1, -0.05) is 60.1 Å². The van der Waals surface area contributed by atoms with Gasteiger partial charge < -0.3 is 5.32 Å². The van der Waals surface area contributed by atoms with Gasteiger partial charge in [0.2, 0.25) is 5.91 Å². The monoisotopic (exact) mass is 419 g/mol. The van der Waals surface area contributed by atoms with Crippen LogP contribution in [0.1, 0.15) is 16.8 Å². The van der Waals surface area contributed by atoms with Gasteiger partial charge in [-0.3, -0.25) is 4.79 Å². The summed E-state index contributed by atoms with van der Waals surface area (Å²) in [5, 5.41) is 10.7. The van der Waals surface area contributed by atoms with E-state index < -0.39 is 0 Å². The van der Waals surface area contributed by atoms with Crippen LogP contribution in [0.5, 0.6) is 0 Å². The number of benzene rings is 3. The molecular formula is C23H18ClN3OS. The van der Waals surface area contributed by atoms with Gasteiger partial charge in [0, 0.05) is 22.1 Å². The van der Waals surface area contributed by atoms with Crippen LogP contribution in [0, 0.1) is 0 Å². The number of carbonyl (C=O) groups excluding carboxylic acids is 1. The summed E-state index contributed by atoms with van der Waals surface area (Å²) < 4.78 is 1.80. The Hall–Kier alpha value is -2.76. The van der Waals surface area contributed by atoms with Crippen molar-refractivity contribution in [2.24, 2.45) is 0 Å². The number of carbonyl (C=O) groups is 1. The Kier molecular flexibility index (Phi) is 4.78. The fourth-order valence-electron chi connectivity index (χ4n) is 3.73. The van der Waals surface area contributed by atoms with Crippen LogP contribution in [-0.4, -0.2) is 15.7 Å². The van der Waals surface area contributed by atoms with Crippen LogP contribution in [0.3, 0.4) is 0 Å². The summed E-state index contributed by atoms with van der Waals surface area (Å²) in [6, 6.07) is 21.7. The lowest BCUT2D eigenvalue weighted by Gasteiger charge is -2.12. The van der Waals surface area contributed by atoms with Crippen LogP contribution >= 0.6 is 23.4 Å². The third kappa shape index (κ3) is 3.52. The zero-order valence-electron chi connectivity index (χ0n) is 15.6. The number of nitrogens with zero attached hydrogens (tertiary/aromatic N) is 2. The van der Waals surface area contributed by atoms with Gasteiger partial charge in [0.25, 0.3) is 0 Å². The molecule has 144 valence electrons. The second kappa shape index (κ2) is 7.58. The third-order valence-electron chi connectivity index (χ3n) is 5.09. The summed E-state index contributed by atoms with van der Waals surface area (Å²) in [7, 11) is 0. The Morgan fingerprint density at radius 1 is 1.07 bits per heavy atom. The summed E-state index contributed by atoms with van der Waals surface area (Å²) in [5.41, 5.74) is 3.98. The number of amides is 1. The van der Waals surface area contributed by atoms with E-state index >= 15 is 0 Å². The standard InChI is InChI=1S/C23H18ClN3OS/c24-17-8-4-9-18(12-17)27-23(20-13-29-14-21(20)26-27)25-22(28)11-16-7-3-6-15-5-1-2-10-19(15)16/h1-10,12H,11,13-14H2,(H,25,28). The van der Waals surface area contributed by atoms with Gasteiger partial charge in [0.05, 0.1) is 17.8 Å². The number of hydrogen-bond acceptors (Lipinski definition) is 3. The lowest BCUT2D eigenvalue weighted by Crippen LogP contribution is -2.18. The first-order chi connectivity index (χ1) is 14.2. The van der Waals surface area contributed by atoms with Crippen LogP contribution in [0.2, 0.25) is 5.02 Å². The van der Waals surface area contributed by atoms with Gasteiger partial charge in [0.1, 0.15) is 5.82 Å². The average Bonchev–Trinajstić information content (AvgIpc) is 3.31. The van der Waals surface area contributed by atoms with Gasteiger partial charge in [-0.05, 0) is 34.5 Å². The molecule has 0 bridgehead atoms. The van der Waals surface area contributed by atoms with Crippen molar-refractivity contribution in [3.63, 3.8) is 0 Å². The summed E-state index contributed by atoms with van der Waals surface area (Å²) in [6.45, 7) is 0. The van der Waals surface area contributed by atoms with Gasteiger partial charge in [-0.15, -0.1) is 0 Å². The Labute approximate surface area is 177 Å². The molecule has 1 amide bonds. The number of hydrogen-bond donors (Lipinski definition) is 1. The lowest BCUT2D eigenvalue weighted by molar-refractivity contribution is -0.115. The highest BCUT2D eigenvalue weighted by Gasteiger charge is 2.25. The third-order valence-corrected chi connectivity index (χ3v) is 6.30. The highest BCUT2D eigenvalue weighted by atomic mass is 35.5. The van der Waals surface area contributed by atoms with E-state index in [0.29, 0.717) is 11.4 Å². The van der Waals surface area contributed by atoms with Crippen molar-refractivity contribution in [1.29, 1.82) is 0 Å². The molecule has 4 aromatic rings. The number of aromatic nitrogens is 2. The van der Waals surface area contributed by atoms with Crippen LogP contribution in [-0.2, 0) is 22.7 Å². The van der Waals surface area contributed by atoms with Crippen LogP contribution in [0.15, 0.2) is 66.7 Å². The molecule has 0 radical (unpaired) electrons. The normalized spacial score (nSPS) is 12.9. The molecule has 0 unspecified atom stereocenters. The first-order valence-corrected chi connectivity index (χ1v) is 10.9. The largest absolute Gasteiger partial charge is 0.310 e. The molecule has 1 aliphatic rings. The van der Waals surface area contributed by atoms with E-state index in [-0.39, 0.29) is 5.91 Å². The zero-order chi connectivity index (χ0) is 19.8. The minimum Gasteiger partial charge on any atom is -0.310 e. The molecule has 1 aromatic heterocycles. The second-order valence-corrected chi connectivity index (χ2v) is 8.44. The molecule has 29 heavy (non-hydrogen) atoms. The molecule has 5 rings (SSSR count). The number of thioether (sulfide) groups is 1. The number of nitrogens with one attached hydrogen (secondary N) is 1. The van der Waals surface area contributed by atoms with Gasteiger partial charge in [0.15, 0.2) is 0 Å². The second-order valence-electron chi connectivity index (χ2n) is 7.02. The molecule has 1 aliphatic heterocycles. The highest BCUT2D eigenvalue weighted by Crippen LogP contribution is 2.36. The Balaban J connectivity index is 1.48. The molecule has 0 fully saturated rings. The Morgan fingerprint density at radius 3 is 2.79 bits per heavy atom. The van der Waals surface area contributed by atoms with E-state index in [1.165, 1.54) is 0 Å². The van der Waals surface area contributed by atoms with E-state index in [0.717, 1.165) is 50.6 Å². The highest BCUT2D eigenvalue weighted by molar-refractivity contribution is 7.98. The van der Waals surface area contributed by atoms with Crippen molar-refractivity contribution in [3.05, 3.63) is 88.6 Å². The predicted molar refractivity (Wildman–Crippen MR) is 120 cm³/mol. The topological polar surface area (TPSA) is 46.9 Å². The number of fused-ring (bicyclic) bond motifs is 2. The summed E-state index contributed by atoms with van der Waals surface area (Å²) >= 11 is 7.99. The van der Waals surface area contributed by atoms with E-state index in [4.69, 9.17) is 16.7 Å². The minimum atomic E-state index is -0.0516. The summed E-state index contributed by atoms with van der Waals surface area (Å²) in [5.74, 6) is 2.40. The molecule has 3 aromatic carbocycles. The average molecular weight is 420 g/mol. The Bertz CT molecular complexity index is 1230. The van der Waals surface area contributed by atoms with Gasteiger partial charge >= 0.3 is 0 Å². The van der Waals surface area contributed by atoms with Gasteiger partial charge in [-0.2, -0.15) is 16.9 Å². The number of anilines is 1.